The van der Waals surface area contributed by atoms with Gasteiger partial charge < -0.3 is 15.0 Å². The van der Waals surface area contributed by atoms with E-state index in [9.17, 15) is 0 Å². The molecule has 21 heavy (non-hydrogen) atoms. The second-order valence-electron chi connectivity index (χ2n) is 6.33. The molecule has 0 heterocycles. The molecule has 0 fully saturated rings. The molecule has 0 saturated heterocycles. The van der Waals surface area contributed by atoms with E-state index >= 15 is 0 Å². The number of rotatable bonds is 11. The Morgan fingerprint density at radius 2 is 1.76 bits per heavy atom. The summed E-state index contributed by atoms with van der Waals surface area (Å²) in [6, 6.07) is 10.5. The minimum Gasteiger partial charge on any atom is -0.380 e. The van der Waals surface area contributed by atoms with Gasteiger partial charge in [-0.15, -0.1) is 0 Å². The highest BCUT2D eigenvalue weighted by molar-refractivity contribution is 5.14. The third kappa shape index (κ3) is 8.20. The number of nitrogens with zero attached hydrogens (tertiary/aromatic N) is 1. The number of hydrogen-bond acceptors (Lipinski definition) is 3. The number of nitrogens with one attached hydrogen (secondary N) is 1. The summed E-state index contributed by atoms with van der Waals surface area (Å²) in [5.74, 6) is 0. The number of likely N-dealkylation sites (N-methyl/N-ethyl adjacent to an activating group) is 1. The van der Waals surface area contributed by atoms with Crippen LogP contribution in [-0.4, -0.2) is 44.3 Å². The van der Waals surface area contributed by atoms with Crippen molar-refractivity contribution < 1.29 is 4.74 Å². The van der Waals surface area contributed by atoms with Crippen molar-refractivity contribution in [3.05, 3.63) is 35.9 Å². The molecule has 0 aliphatic carbocycles. The van der Waals surface area contributed by atoms with Crippen LogP contribution in [0.3, 0.4) is 0 Å². The molecule has 0 bridgehead atoms. The van der Waals surface area contributed by atoms with Crippen molar-refractivity contribution in [1.82, 2.24) is 10.2 Å². The summed E-state index contributed by atoms with van der Waals surface area (Å²) in [4.78, 5) is 2.39. The monoisotopic (exact) mass is 292 g/mol. The number of ether oxygens (including phenoxy) is 1. The maximum atomic E-state index is 5.85. The molecule has 1 rings (SSSR count). The van der Waals surface area contributed by atoms with Gasteiger partial charge in [0.1, 0.15) is 0 Å². The van der Waals surface area contributed by atoms with Gasteiger partial charge in [0, 0.05) is 25.0 Å². The molecule has 1 aromatic rings. The average molecular weight is 292 g/mol. The van der Waals surface area contributed by atoms with Crippen molar-refractivity contribution in [1.29, 1.82) is 0 Å². The molecule has 1 N–H and O–H groups in total. The first-order valence-electron chi connectivity index (χ1n) is 8.12. The summed E-state index contributed by atoms with van der Waals surface area (Å²) in [5.41, 5.74) is 1.49. The van der Waals surface area contributed by atoms with E-state index in [1.165, 1.54) is 5.56 Å². The van der Waals surface area contributed by atoms with Gasteiger partial charge in [0.25, 0.3) is 0 Å². The molecule has 120 valence electrons. The standard InChI is InChI=1S/C18H32N2O/c1-5-20(6-2)12-13-21-16-18(3,4)15-19-14-17-10-8-7-9-11-17/h7-11,19H,5-6,12-16H2,1-4H3. The van der Waals surface area contributed by atoms with Crippen molar-refractivity contribution in [3.63, 3.8) is 0 Å². The van der Waals surface area contributed by atoms with Crippen LogP contribution in [0.1, 0.15) is 33.3 Å². The molecule has 3 nitrogen and oxygen atoms in total. The quantitative estimate of drug-likeness (QED) is 0.634. The van der Waals surface area contributed by atoms with Crippen LogP contribution in [0.4, 0.5) is 0 Å². The second-order valence-corrected chi connectivity index (χ2v) is 6.33. The normalized spacial score (nSPS) is 12.0. The summed E-state index contributed by atoms with van der Waals surface area (Å²) in [6.45, 7) is 15.6. The fraction of sp³-hybridized carbons (Fsp3) is 0.667. The van der Waals surface area contributed by atoms with Gasteiger partial charge in [0.2, 0.25) is 0 Å². The van der Waals surface area contributed by atoms with Crippen molar-refractivity contribution >= 4 is 0 Å². The molecule has 0 atom stereocenters. The minimum absolute atomic E-state index is 0.165. The van der Waals surface area contributed by atoms with Gasteiger partial charge in [-0.3, -0.25) is 0 Å². The first-order valence-corrected chi connectivity index (χ1v) is 8.12. The van der Waals surface area contributed by atoms with Crippen LogP contribution in [0.25, 0.3) is 0 Å². The molecule has 3 heteroatoms. The Bertz CT molecular complexity index is 361. The largest absolute Gasteiger partial charge is 0.380 e. The molecule has 0 spiro atoms. The number of hydrogen-bond donors (Lipinski definition) is 1. The molecule has 0 unspecified atom stereocenters. The van der Waals surface area contributed by atoms with E-state index in [0.717, 1.165) is 45.9 Å². The Kier molecular flexibility index (Phi) is 8.58. The van der Waals surface area contributed by atoms with Gasteiger partial charge in [-0.2, -0.15) is 0 Å². The highest BCUT2D eigenvalue weighted by Crippen LogP contribution is 2.14. The van der Waals surface area contributed by atoms with E-state index in [0.29, 0.717) is 0 Å². The summed E-state index contributed by atoms with van der Waals surface area (Å²) in [7, 11) is 0. The summed E-state index contributed by atoms with van der Waals surface area (Å²) in [5, 5.41) is 3.52. The van der Waals surface area contributed by atoms with E-state index in [4.69, 9.17) is 4.74 Å². The lowest BCUT2D eigenvalue weighted by atomic mass is 9.95. The average Bonchev–Trinajstić information content (AvgIpc) is 2.48. The summed E-state index contributed by atoms with van der Waals surface area (Å²) < 4.78 is 5.85. The maximum Gasteiger partial charge on any atom is 0.0593 e. The predicted octanol–water partition coefficient (Wildman–Crippen LogP) is 3.16. The van der Waals surface area contributed by atoms with Crippen molar-refractivity contribution in [2.24, 2.45) is 5.41 Å². The van der Waals surface area contributed by atoms with E-state index in [1.807, 2.05) is 0 Å². The van der Waals surface area contributed by atoms with Gasteiger partial charge in [0.15, 0.2) is 0 Å². The first-order chi connectivity index (χ1) is 10.1. The van der Waals surface area contributed by atoms with Gasteiger partial charge in [-0.1, -0.05) is 58.0 Å². The van der Waals surface area contributed by atoms with Crippen LogP contribution < -0.4 is 5.32 Å². The molecule has 0 aromatic heterocycles. The Morgan fingerprint density at radius 3 is 2.38 bits per heavy atom. The van der Waals surface area contributed by atoms with Gasteiger partial charge in [-0.05, 0) is 18.7 Å². The smallest absolute Gasteiger partial charge is 0.0593 e. The second kappa shape index (κ2) is 9.93. The Hall–Kier alpha value is -0.900. The van der Waals surface area contributed by atoms with E-state index in [-0.39, 0.29) is 5.41 Å². The Morgan fingerprint density at radius 1 is 1.10 bits per heavy atom. The molecule has 0 radical (unpaired) electrons. The van der Waals surface area contributed by atoms with Crippen molar-refractivity contribution in [2.45, 2.75) is 34.2 Å². The first kappa shape index (κ1) is 18.1. The van der Waals surface area contributed by atoms with Crippen molar-refractivity contribution in [3.8, 4) is 0 Å². The van der Waals surface area contributed by atoms with Gasteiger partial charge >= 0.3 is 0 Å². The molecule has 0 amide bonds. The third-order valence-electron chi connectivity index (χ3n) is 3.71. The van der Waals surface area contributed by atoms with Crippen LogP contribution in [0, 0.1) is 5.41 Å². The van der Waals surface area contributed by atoms with Gasteiger partial charge in [-0.25, -0.2) is 0 Å². The fourth-order valence-corrected chi connectivity index (χ4v) is 2.27. The maximum absolute atomic E-state index is 5.85. The van der Waals surface area contributed by atoms with Crippen LogP contribution in [0.2, 0.25) is 0 Å². The van der Waals surface area contributed by atoms with E-state index in [1.54, 1.807) is 0 Å². The SMILES string of the molecule is CCN(CC)CCOCC(C)(C)CNCc1ccccc1. The zero-order valence-corrected chi connectivity index (χ0v) is 14.2. The number of benzene rings is 1. The van der Waals surface area contributed by atoms with Gasteiger partial charge in [0.05, 0.1) is 13.2 Å². The highest BCUT2D eigenvalue weighted by Gasteiger charge is 2.17. The fourth-order valence-electron chi connectivity index (χ4n) is 2.27. The van der Waals surface area contributed by atoms with E-state index < -0.39 is 0 Å². The molecule has 0 aliphatic heterocycles. The van der Waals surface area contributed by atoms with Crippen LogP contribution in [0.5, 0.6) is 0 Å². The third-order valence-corrected chi connectivity index (χ3v) is 3.71. The van der Waals surface area contributed by atoms with Crippen LogP contribution in [-0.2, 0) is 11.3 Å². The summed E-state index contributed by atoms with van der Waals surface area (Å²) in [6.07, 6.45) is 0. The molecule has 0 aliphatic rings. The Balaban J connectivity index is 2.15. The van der Waals surface area contributed by atoms with Crippen LogP contribution >= 0.6 is 0 Å². The van der Waals surface area contributed by atoms with Crippen molar-refractivity contribution in [2.75, 3.05) is 39.4 Å². The Labute approximate surface area is 130 Å². The topological polar surface area (TPSA) is 24.5 Å². The summed E-state index contributed by atoms with van der Waals surface area (Å²) >= 11 is 0. The zero-order valence-electron chi connectivity index (χ0n) is 14.2. The highest BCUT2D eigenvalue weighted by atomic mass is 16.5. The molecular weight excluding hydrogens is 260 g/mol. The molecule has 1 aromatic carbocycles. The lowest BCUT2D eigenvalue weighted by Crippen LogP contribution is -2.34. The minimum atomic E-state index is 0.165. The zero-order chi connectivity index (χ0) is 15.6. The lowest BCUT2D eigenvalue weighted by Gasteiger charge is -2.26. The van der Waals surface area contributed by atoms with Crippen LogP contribution in [0.15, 0.2) is 30.3 Å². The molecular formula is C18H32N2O. The lowest BCUT2D eigenvalue weighted by molar-refractivity contribution is 0.0486. The molecule has 0 saturated carbocycles. The predicted molar refractivity (Wildman–Crippen MR) is 90.5 cm³/mol. The van der Waals surface area contributed by atoms with E-state index in [2.05, 4.69) is 68.2 Å².